The molecule has 12 heavy (non-hydrogen) atoms. The maximum Gasteiger partial charge on any atom is 0.231 e. The Hall–Kier alpha value is -0.680. The second-order valence-corrected chi connectivity index (χ2v) is 3.04. The molecular formula is C7H10BrN3O. The minimum Gasteiger partial charge on any atom is -0.480 e. The van der Waals surface area contributed by atoms with E-state index in [1.807, 2.05) is 0 Å². The zero-order chi connectivity index (χ0) is 8.97. The van der Waals surface area contributed by atoms with Gasteiger partial charge in [0.05, 0.1) is 11.6 Å². The van der Waals surface area contributed by atoms with Crippen molar-refractivity contribution in [1.82, 2.24) is 9.97 Å². The molecule has 0 saturated carbocycles. The van der Waals surface area contributed by atoms with Crippen LogP contribution in [0.3, 0.4) is 0 Å². The van der Waals surface area contributed by atoms with E-state index < -0.39 is 0 Å². The van der Waals surface area contributed by atoms with Gasteiger partial charge in [-0.2, -0.15) is 4.98 Å². The van der Waals surface area contributed by atoms with Gasteiger partial charge in [-0.3, -0.25) is 0 Å². The average Bonchev–Trinajstić information content (AvgIpc) is 2.09. The molecule has 0 aliphatic heterocycles. The van der Waals surface area contributed by atoms with E-state index in [-0.39, 0.29) is 0 Å². The summed E-state index contributed by atoms with van der Waals surface area (Å²) in [4.78, 5) is 8.18. The van der Waals surface area contributed by atoms with Gasteiger partial charge in [-0.1, -0.05) is 0 Å². The molecule has 0 bridgehead atoms. The predicted octanol–water partition coefficient (Wildman–Crippen LogP) is 0.749. The molecule has 1 rings (SSSR count). The fraction of sp³-hybridized carbons (Fsp3) is 0.429. The van der Waals surface area contributed by atoms with Gasteiger partial charge in [-0.25, -0.2) is 4.98 Å². The largest absolute Gasteiger partial charge is 0.480 e. The van der Waals surface area contributed by atoms with Gasteiger partial charge in [0.25, 0.3) is 0 Å². The van der Waals surface area contributed by atoms with Crippen LogP contribution in [-0.2, 0) is 6.42 Å². The lowest BCUT2D eigenvalue weighted by Gasteiger charge is -2.02. The Morgan fingerprint density at radius 1 is 1.67 bits per heavy atom. The normalized spacial score (nSPS) is 9.92. The van der Waals surface area contributed by atoms with Crippen LogP contribution in [-0.4, -0.2) is 23.6 Å². The van der Waals surface area contributed by atoms with Crippen molar-refractivity contribution in [1.29, 1.82) is 0 Å². The van der Waals surface area contributed by atoms with Crippen LogP contribution in [0.4, 0.5) is 0 Å². The van der Waals surface area contributed by atoms with Crippen LogP contribution >= 0.6 is 15.9 Å². The van der Waals surface area contributed by atoms with Crippen LogP contribution in [0.5, 0.6) is 5.88 Å². The monoisotopic (exact) mass is 231 g/mol. The van der Waals surface area contributed by atoms with E-state index >= 15 is 0 Å². The second kappa shape index (κ2) is 4.37. The van der Waals surface area contributed by atoms with E-state index in [2.05, 4.69) is 25.9 Å². The van der Waals surface area contributed by atoms with Crippen molar-refractivity contribution in [2.75, 3.05) is 13.7 Å². The number of halogens is 1. The van der Waals surface area contributed by atoms with E-state index in [0.717, 1.165) is 4.47 Å². The van der Waals surface area contributed by atoms with Crippen LogP contribution < -0.4 is 10.5 Å². The molecule has 2 N–H and O–H groups in total. The molecule has 5 heteroatoms. The molecule has 0 fully saturated rings. The number of nitrogens with zero attached hydrogens (tertiary/aromatic N) is 2. The van der Waals surface area contributed by atoms with Gasteiger partial charge in [0.15, 0.2) is 0 Å². The molecule has 0 amide bonds. The summed E-state index contributed by atoms with van der Waals surface area (Å²) >= 11 is 3.26. The number of ether oxygens (including phenoxy) is 1. The Bertz CT molecular complexity index is 267. The molecule has 0 aliphatic carbocycles. The third kappa shape index (κ3) is 2.15. The number of hydrogen-bond acceptors (Lipinski definition) is 4. The van der Waals surface area contributed by atoms with E-state index in [0.29, 0.717) is 24.7 Å². The highest BCUT2D eigenvalue weighted by atomic mass is 79.9. The van der Waals surface area contributed by atoms with Crippen molar-refractivity contribution in [3.63, 3.8) is 0 Å². The van der Waals surface area contributed by atoms with E-state index in [4.69, 9.17) is 10.5 Å². The number of nitrogens with two attached hydrogens (primary N) is 1. The predicted molar refractivity (Wildman–Crippen MR) is 49.0 cm³/mol. The Balaban J connectivity index is 2.89. The third-order valence-electron chi connectivity index (χ3n) is 1.32. The summed E-state index contributed by atoms with van der Waals surface area (Å²) in [7, 11) is 1.57. The zero-order valence-corrected chi connectivity index (χ0v) is 8.34. The molecule has 4 nitrogen and oxygen atoms in total. The number of methoxy groups -OCH3 is 1. The molecule has 1 heterocycles. The Morgan fingerprint density at radius 2 is 2.42 bits per heavy atom. The number of rotatable bonds is 3. The first-order valence-corrected chi connectivity index (χ1v) is 4.32. The van der Waals surface area contributed by atoms with Crippen molar-refractivity contribution < 1.29 is 4.74 Å². The molecule has 0 atom stereocenters. The molecule has 0 saturated heterocycles. The lowest BCUT2D eigenvalue weighted by Crippen LogP contribution is -2.07. The van der Waals surface area contributed by atoms with Gasteiger partial charge in [0.2, 0.25) is 5.88 Å². The minimum absolute atomic E-state index is 0.546. The van der Waals surface area contributed by atoms with Gasteiger partial charge < -0.3 is 10.5 Å². The molecule has 66 valence electrons. The van der Waals surface area contributed by atoms with Crippen molar-refractivity contribution in [3.8, 4) is 5.88 Å². The maximum absolute atomic E-state index is 5.36. The highest BCUT2D eigenvalue weighted by molar-refractivity contribution is 9.10. The second-order valence-electron chi connectivity index (χ2n) is 2.18. The Kier molecular flexibility index (Phi) is 3.43. The fourth-order valence-corrected chi connectivity index (χ4v) is 1.13. The van der Waals surface area contributed by atoms with Crippen LogP contribution in [0.25, 0.3) is 0 Å². The van der Waals surface area contributed by atoms with Crippen molar-refractivity contribution in [3.05, 3.63) is 16.5 Å². The SMILES string of the molecule is COc1nc(CCN)ncc1Br. The molecule has 1 aromatic rings. The molecular weight excluding hydrogens is 222 g/mol. The highest BCUT2D eigenvalue weighted by Gasteiger charge is 2.03. The first-order valence-electron chi connectivity index (χ1n) is 3.53. The van der Waals surface area contributed by atoms with E-state index in [9.17, 15) is 0 Å². The molecule has 0 radical (unpaired) electrons. The van der Waals surface area contributed by atoms with Crippen molar-refractivity contribution >= 4 is 15.9 Å². The van der Waals surface area contributed by atoms with Gasteiger partial charge in [0.1, 0.15) is 5.82 Å². The van der Waals surface area contributed by atoms with Gasteiger partial charge in [-0.15, -0.1) is 0 Å². The molecule has 0 aromatic carbocycles. The summed E-state index contributed by atoms with van der Waals surface area (Å²) in [5, 5.41) is 0. The Labute approximate surface area is 79.3 Å². The fourth-order valence-electron chi connectivity index (χ4n) is 0.779. The lowest BCUT2D eigenvalue weighted by atomic mass is 10.4. The molecule has 0 unspecified atom stereocenters. The summed E-state index contributed by atoms with van der Waals surface area (Å²) in [6, 6.07) is 0. The highest BCUT2D eigenvalue weighted by Crippen LogP contribution is 2.20. The van der Waals surface area contributed by atoms with Crippen LogP contribution in [0.1, 0.15) is 5.82 Å². The molecule has 0 spiro atoms. The smallest absolute Gasteiger partial charge is 0.231 e. The lowest BCUT2D eigenvalue weighted by molar-refractivity contribution is 0.391. The van der Waals surface area contributed by atoms with Crippen LogP contribution in [0.15, 0.2) is 10.7 Å². The van der Waals surface area contributed by atoms with Crippen LogP contribution in [0.2, 0.25) is 0 Å². The quantitative estimate of drug-likeness (QED) is 0.835. The zero-order valence-electron chi connectivity index (χ0n) is 6.75. The summed E-state index contributed by atoms with van der Waals surface area (Å²) < 4.78 is 5.75. The first-order chi connectivity index (χ1) is 5.77. The minimum atomic E-state index is 0.546. The van der Waals surface area contributed by atoms with E-state index in [1.54, 1.807) is 13.3 Å². The summed E-state index contributed by atoms with van der Waals surface area (Å²) in [5.74, 6) is 1.26. The summed E-state index contributed by atoms with van der Waals surface area (Å²) in [5.41, 5.74) is 5.36. The number of hydrogen-bond donors (Lipinski definition) is 1. The van der Waals surface area contributed by atoms with Gasteiger partial charge >= 0.3 is 0 Å². The van der Waals surface area contributed by atoms with Gasteiger partial charge in [0, 0.05) is 12.6 Å². The van der Waals surface area contributed by atoms with E-state index in [1.165, 1.54) is 0 Å². The topological polar surface area (TPSA) is 61.0 Å². The molecule has 1 aromatic heterocycles. The number of aromatic nitrogens is 2. The summed E-state index contributed by atoms with van der Waals surface area (Å²) in [6.45, 7) is 0.546. The maximum atomic E-state index is 5.36. The Morgan fingerprint density at radius 3 is 3.00 bits per heavy atom. The summed E-state index contributed by atoms with van der Waals surface area (Å²) in [6.07, 6.45) is 2.33. The standard InChI is InChI=1S/C7H10BrN3O/c1-12-7-5(8)4-10-6(11-7)2-3-9/h4H,2-3,9H2,1H3. The third-order valence-corrected chi connectivity index (χ3v) is 1.87. The van der Waals surface area contributed by atoms with Crippen LogP contribution in [0, 0.1) is 0 Å². The molecule has 0 aliphatic rings. The average molecular weight is 232 g/mol. The first kappa shape index (κ1) is 9.41. The van der Waals surface area contributed by atoms with Gasteiger partial charge in [-0.05, 0) is 22.5 Å². The van der Waals surface area contributed by atoms with Crippen molar-refractivity contribution in [2.45, 2.75) is 6.42 Å². The van der Waals surface area contributed by atoms with Crippen molar-refractivity contribution in [2.24, 2.45) is 5.73 Å².